The predicted molar refractivity (Wildman–Crippen MR) is 35.8 cm³/mol. The standard InChI is InChI=1S/C6H9NO2/c1-3-5(4-7-2)6(8)9/h3-4H,1-2H3,(H,8,9). The van der Waals surface area contributed by atoms with Crippen molar-refractivity contribution in [3.8, 4) is 0 Å². The van der Waals surface area contributed by atoms with Gasteiger partial charge < -0.3 is 5.11 Å². The molecule has 0 amide bonds. The zero-order chi connectivity index (χ0) is 7.28. The summed E-state index contributed by atoms with van der Waals surface area (Å²) in [5.74, 6) is -0.942. The Labute approximate surface area is 53.7 Å². The van der Waals surface area contributed by atoms with Crippen LogP contribution in [0.2, 0.25) is 0 Å². The van der Waals surface area contributed by atoms with Crippen molar-refractivity contribution >= 4 is 12.2 Å². The summed E-state index contributed by atoms with van der Waals surface area (Å²) < 4.78 is 0. The predicted octanol–water partition coefficient (Wildman–Crippen LogP) is 0.718. The number of carboxylic acids is 1. The van der Waals surface area contributed by atoms with Crippen molar-refractivity contribution < 1.29 is 9.90 Å². The largest absolute Gasteiger partial charge is 0.478 e. The molecule has 0 unspecified atom stereocenters. The molecule has 0 aliphatic rings. The number of aliphatic imine (C=N–C) groups is 1. The van der Waals surface area contributed by atoms with Crippen LogP contribution in [0.4, 0.5) is 0 Å². The minimum Gasteiger partial charge on any atom is -0.478 e. The highest BCUT2D eigenvalue weighted by Gasteiger charge is 1.98. The third kappa shape index (κ3) is 2.64. The van der Waals surface area contributed by atoms with Crippen LogP contribution < -0.4 is 0 Å². The van der Waals surface area contributed by atoms with Gasteiger partial charge in [-0.15, -0.1) is 0 Å². The summed E-state index contributed by atoms with van der Waals surface area (Å²) in [5, 5.41) is 8.34. The lowest BCUT2D eigenvalue weighted by Crippen LogP contribution is -2.00. The van der Waals surface area contributed by atoms with E-state index in [9.17, 15) is 4.79 Å². The number of nitrogens with zero attached hydrogens (tertiary/aromatic N) is 1. The van der Waals surface area contributed by atoms with E-state index in [0.717, 1.165) is 0 Å². The first-order valence-electron chi connectivity index (χ1n) is 2.54. The van der Waals surface area contributed by atoms with Crippen LogP contribution in [0.5, 0.6) is 0 Å². The van der Waals surface area contributed by atoms with Gasteiger partial charge in [-0.25, -0.2) is 4.79 Å². The van der Waals surface area contributed by atoms with Gasteiger partial charge in [-0.2, -0.15) is 0 Å². The van der Waals surface area contributed by atoms with Gasteiger partial charge in [-0.05, 0) is 6.92 Å². The first-order chi connectivity index (χ1) is 4.22. The number of carbonyl (C=O) groups is 1. The molecule has 0 rings (SSSR count). The average Bonchev–Trinajstić information content (AvgIpc) is 1.82. The van der Waals surface area contributed by atoms with Gasteiger partial charge in [0.15, 0.2) is 0 Å². The van der Waals surface area contributed by atoms with Crippen molar-refractivity contribution in [3.63, 3.8) is 0 Å². The topological polar surface area (TPSA) is 49.7 Å². The number of rotatable bonds is 2. The lowest BCUT2D eigenvalue weighted by Gasteiger charge is -1.87. The van der Waals surface area contributed by atoms with E-state index in [-0.39, 0.29) is 5.57 Å². The van der Waals surface area contributed by atoms with Crippen molar-refractivity contribution in [3.05, 3.63) is 11.6 Å². The van der Waals surface area contributed by atoms with E-state index in [0.29, 0.717) is 0 Å². The number of hydrogen-bond donors (Lipinski definition) is 1. The van der Waals surface area contributed by atoms with Gasteiger partial charge in [0.25, 0.3) is 0 Å². The molecule has 3 heteroatoms. The Balaban J connectivity index is 4.19. The molecule has 0 spiro atoms. The van der Waals surface area contributed by atoms with Gasteiger partial charge in [0.1, 0.15) is 0 Å². The van der Waals surface area contributed by atoms with Crippen LogP contribution in [-0.4, -0.2) is 24.3 Å². The summed E-state index contributed by atoms with van der Waals surface area (Å²) in [5.41, 5.74) is 0.220. The molecule has 3 nitrogen and oxygen atoms in total. The zero-order valence-electron chi connectivity index (χ0n) is 5.46. The molecule has 0 aliphatic carbocycles. The van der Waals surface area contributed by atoms with Crippen LogP contribution in [0, 0.1) is 0 Å². The Morgan fingerprint density at radius 3 is 2.33 bits per heavy atom. The Kier molecular flexibility index (Phi) is 3.35. The second kappa shape index (κ2) is 3.83. The van der Waals surface area contributed by atoms with Crippen LogP contribution in [0.15, 0.2) is 16.6 Å². The van der Waals surface area contributed by atoms with E-state index in [2.05, 4.69) is 4.99 Å². The summed E-state index contributed by atoms with van der Waals surface area (Å²) in [6.45, 7) is 1.66. The van der Waals surface area contributed by atoms with Gasteiger partial charge >= 0.3 is 5.97 Å². The molecule has 1 N–H and O–H groups in total. The van der Waals surface area contributed by atoms with Crippen LogP contribution in [-0.2, 0) is 4.79 Å². The first-order valence-corrected chi connectivity index (χ1v) is 2.54. The summed E-state index contributed by atoms with van der Waals surface area (Å²) >= 11 is 0. The minimum absolute atomic E-state index is 0.220. The SMILES string of the molecule is CC=C(C=NC)C(=O)O. The van der Waals surface area contributed by atoms with Crippen molar-refractivity contribution in [1.29, 1.82) is 0 Å². The third-order valence-electron chi connectivity index (χ3n) is 0.826. The van der Waals surface area contributed by atoms with Gasteiger partial charge in [-0.3, -0.25) is 4.99 Å². The molecule has 0 heterocycles. The van der Waals surface area contributed by atoms with Gasteiger partial charge in [-0.1, -0.05) is 6.08 Å². The van der Waals surface area contributed by atoms with Crippen molar-refractivity contribution in [2.75, 3.05) is 7.05 Å². The molecule has 0 aromatic carbocycles. The molecule has 50 valence electrons. The van der Waals surface area contributed by atoms with E-state index in [1.807, 2.05) is 0 Å². The smallest absolute Gasteiger partial charge is 0.336 e. The molecule has 0 aliphatic heterocycles. The Morgan fingerprint density at radius 1 is 1.67 bits per heavy atom. The van der Waals surface area contributed by atoms with Crippen LogP contribution in [0.3, 0.4) is 0 Å². The third-order valence-corrected chi connectivity index (χ3v) is 0.826. The molecule has 9 heavy (non-hydrogen) atoms. The van der Waals surface area contributed by atoms with E-state index in [1.165, 1.54) is 19.3 Å². The maximum Gasteiger partial charge on any atom is 0.336 e. The number of hydrogen-bond acceptors (Lipinski definition) is 2. The zero-order valence-corrected chi connectivity index (χ0v) is 5.46. The van der Waals surface area contributed by atoms with Crippen LogP contribution in [0.25, 0.3) is 0 Å². The Morgan fingerprint density at radius 2 is 2.22 bits per heavy atom. The summed E-state index contributed by atoms with van der Waals surface area (Å²) in [7, 11) is 1.53. The highest BCUT2D eigenvalue weighted by atomic mass is 16.4. The first kappa shape index (κ1) is 7.88. The molecule has 0 fully saturated rings. The van der Waals surface area contributed by atoms with E-state index in [4.69, 9.17) is 5.11 Å². The molecular weight excluding hydrogens is 118 g/mol. The normalized spacial score (nSPS) is 12.4. The van der Waals surface area contributed by atoms with Gasteiger partial charge in [0.2, 0.25) is 0 Å². The molecule has 0 radical (unpaired) electrons. The summed E-state index contributed by atoms with van der Waals surface area (Å²) in [6.07, 6.45) is 2.80. The maximum absolute atomic E-state index is 10.2. The van der Waals surface area contributed by atoms with Crippen LogP contribution >= 0.6 is 0 Å². The highest BCUT2D eigenvalue weighted by molar-refractivity contribution is 6.08. The molecule has 0 saturated heterocycles. The van der Waals surface area contributed by atoms with E-state index < -0.39 is 5.97 Å². The maximum atomic E-state index is 10.2. The molecular formula is C6H9NO2. The highest BCUT2D eigenvalue weighted by Crippen LogP contribution is 1.87. The van der Waals surface area contributed by atoms with Crippen LogP contribution in [0.1, 0.15) is 6.92 Å². The fourth-order valence-electron chi connectivity index (χ4n) is 0.392. The van der Waals surface area contributed by atoms with Gasteiger partial charge in [0, 0.05) is 13.3 Å². The monoisotopic (exact) mass is 127 g/mol. The number of aliphatic carboxylic acids is 1. The summed E-state index contributed by atoms with van der Waals surface area (Å²) in [4.78, 5) is 13.7. The lowest BCUT2D eigenvalue weighted by molar-refractivity contribution is -0.132. The fraction of sp³-hybridized carbons (Fsp3) is 0.333. The second-order valence-electron chi connectivity index (χ2n) is 1.44. The van der Waals surface area contributed by atoms with E-state index >= 15 is 0 Å². The number of allylic oxidation sites excluding steroid dienone is 1. The van der Waals surface area contributed by atoms with Gasteiger partial charge in [0.05, 0.1) is 5.57 Å². The molecule has 0 atom stereocenters. The molecule has 0 aromatic rings. The van der Waals surface area contributed by atoms with E-state index in [1.54, 1.807) is 6.92 Å². The fourth-order valence-corrected chi connectivity index (χ4v) is 0.392. The van der Waals surface area contributed by atoms with Crippen molar-refractivity contribution in [2.45, 2.75) is 6.92 Å². The summed E-state index contributed by atoms with van der Waals surface area (Å²) in [6, 6.07) is 0. The Bertz CT molecular complexity index is 158. The molecule has 0 saturated carbocycles. The lowest BCUT2D eigenvalue weighted by atomic mass is 10.3. The molecule has 0 aromatic heterocycles. The second-order valence-corrected chi connectivity index (χ2v) is 1.44. The Hall–Kier alpha value is -1.12. The minimum atomic E-state index is -0.942. The number of carboxylic acid groups (broad SMARTS) is 1. The van der Waals surface area contributed by atoms with Crippen molar-refractivity contribution in [2.24, 2.45) is 4.99 Å². The molecule has 0 bridgehead atoms. The quantitative estimate of drug-likeness (QED) is 0.439. The average molecular weight is 127 g/mol. The van der Waals surface area contributed by atoms with Crippen molar-refractivity contribution in [1.82, 2.24) is 0 Å².